The Hall–Kier alpha value is -0.590. The summed E-state index contributed by atoms with van der Waals surface area (Å²) in [6, 6.07) is 5.34. The summed E-state index contributed by atoms with van der Waals surface area (Å²) in [5.74, 6) is 0. The van der Waals surface area contributed by atoms with Crippen LogP contribution in [0.5, 0.6) is 0 Å². The third kappa shape index (κ3) is 2.18. The van der Waals surface area contributed by atoms with Crippen molar-refractivity contribution in [3.8, 4) is 6.07 Å². The minimum absolute atomic E-state index is 0.354. The van der Waals surface area contributed by atoms with E-state index < -0.39 is 0 Å². The molecule has 0 atom stereocenters. The van der Waals surface area contributed by atoms with Crippen molar-refractivity contribution in [3.05, 3.63) is 28.5 Å². The molecule has 2 nitrogen and oxygen atoms in total. The molecule has 0 fully saturated rings. The van der Waals surface area contributed by atoms with Crippen LogP contribution in [0.25, 0.3) is 0 Å². The van der Waals surface area contributed by atoms with Crippen molar-refractivity contribution in [2.24, 2.45) is 0 Å². The molecule has 0 radical (unpaired) electrons. The normalized spacial score (nSPS) is 9.18. The van der Waals surface area contributed by atoms with Gasteiger partial charge in [0.25, 0.3) is 0 Å². The number of hydrogen-bond donors (Lipinski definition) is 0. The first-order chi connectivity index (χ1) is 5.26. The van der Waals surface area contributed by atoms with Crippen LogP contribution < -0.4 is 0 Å². The molecule has 0 aliphatic carbocycles. The van der Waals surface area contributed by atoms with Crippen LogP contribution in [0.2, 0.25) is 5.15 Å². The van der Waals surface area contributed by atoms with Gasteiger partial charge in [-0.1, -0.05) is 27.5 Å². The van der Waals surface area contributed by atoms with Crippen LogP contribution >= 0.6 is 27.5 Å². The lowest BCUT2D eigenvalue weighted by molar-refractivity contribution is 1.23. The van der Waals surface area contributed by atoms with Gasteiger partial charge < -0.3 is 0 Å². The van der Waals surface area contributed by atoms with E-state index in [1.807, 2.05) is 6.07 Å². The quantitative estimate of drug-likeness (QED) is 0.550. The molecule has 1 rings (SSSR count). The number of aromatic nitrogens is 1. The Morgan fingerprint density at radius 3 is 2.91 bits per heavy atom. The molecule has 1 aromatic rings. The van der Waals surface area contributed by atoms with E-state index in [9.17, 15) is 0 Å². The fourth-order valence-corrected chi connectivity index (χ4v) is 1.24. The second-order valence-electron chi connectivity index (χ2n) is 1.93. The lowest BCUT2D eigenvalue weighted by Gasteiger charge is -1.95. The van der Waals surface area contributed by atoms with E-state index in [1.54, 1.807) is 12.1 Å². The summed E-state index contributed by atoms with van der Waals surface area (Å²) in [4.78, 5) is 3.78. The van der Waals surface area contributed by atoms with Gasteiger partial charge in [-0.3, -0.25) is 0 Å². The molecule has 1 heterocycles. The first kappa shape index (κ1) is 8.51. The van der Waals surface area contributed by atoms with Crippen molar-refractivity contribution in [1.82, 2.24) is 4.98 Å². The Balaban J connectivity index is 3.15. The molecular formula is C7H4BrClN2. The number of nitriles is 1. The lowest BCUT2D eigenvalue weighted by atomic mass is 10.2. The average molecular weight is 231 g/mol. The molecule has 1 aromatic heterocycles. The second-order valence-corrected chi connectivity index (χ2v) is 2.88. The molecule has 56 valence electrons. The van der Waals surface area contributed by atoms with E-state index in [2.05, 4.69) is 20.9 Å². The van der Waals surface area contributed by atoms with Crippen molar-refractivity contribution in [1.29, 1.82) is 5.26 Å². The van der Waals surface area contributed by atoms with Crippen LogP contribution in [0, 0.1) is 11.3 Å². The van der Waals surface area contributed by atoms with Crippen LogP contribution in [0.15, 0.2) is 12.1 Å². The Morgan fingerprint density at radius 2 is 2.36 bits per heavy atom. The highest BCUT2D eigenvalue weighted by Crippen LogP contribution is 2.12. The highest BCUT2D eigenvalue weighted by molar-refractivity contribution is 9.08. The summed E-state index contributed by atoms with van der Waals surface area (Å²) in [5.41, 5.74) is 1.31. The zero-order valence-corrected chi connectivity index (χ0v) is 7.85. The predicted octanol–water partition coefficient (Wildman–Crippen LogP) is 2.50. The molecule has 0 saturated heterocycles. The molecule has 0 saturated carbocycles. The zero-order valence-electron chi connectivity index (χ0n) is 5.51. The molecule has 0 aliphatic rings. The summed E-state index contributed by atoms with van der Waals surface area (Å²) >= 11 is 8.88. The monoisotopic (exact) mass is 230 g/mol. The number of alkyl halides is 1. The molecular weight excluding hydrogens is 227 g/mol. The number of halogens is 2. The third-order valence-electron chi connectivity index (χ3n) is 1.12. The van der Waals surface area contributed by atoms with Gasteiger partial charge in [0, 0.05) is 5.33 Å². The van der Waals surface area contributed by atoms with Gasteiger partial charge in [-0.05, 0) is 17.7 Å². The maximum Gasteiger partial charge on any atom is 0.142 e. The van der Waals surface area contributed by atoms with Crippen LogP contribution in [0.1, 0.15) is 11.3 Å². The first-order valence-corrected chi connectivity index (χ1v) is 4.38. The SMILES string of the molecule is N#Cc1cc(CBr)cc(Cl)n1. The van der Waals surface area contributed by atoms with Crippen molar-refractivity contribution < 1.29 is 0 Å². The van der Waals surface area contributed by atoms with E-state index in [0.29, 0.717) is 16.2 Å². The maximum atomic E-state index is 8.50. The molecule has 0 aromatic carbocycles. The standard InChI is InChI=1S/C7H4BrClN2/c8-3-5-1-6(4-10)11-7(9)2-5/h1-2H,3H2. The van der Waals surface area contributed by atoms with Gasteiger partial charge in [-0.15, -0.1) is 0 Å². The Morgan fingerprint density at radius 1 is 1.64 bits per heavy atom. The Bertz CT molecular complexity index is 306. The summed E-state index contributed by atoms with van der Waals surface area (Å²) < 4.78 is 0. The minimum Gasteiger partial charge on any atom is -0.225 e. The van der Waals surface area contributed by atoms with Gasteiger partial charge in [-0.25, -0.2) is 4.98 Å². The average Bonchev–Trinajstić information content (AvgIpc) is 2.03. The van der Waals surface area contributed by atoms with Crippen molar-refractivity contribution in [2.75, 3.05) is 0 Å². The van der Waals surface area contributed by atoms with Crippen LogP contribution in [0.4, 0.5) is 0 Å². The third-order valence-corrected chi connectivity index (χ3v) is 1.96. The van der Waals surface area contributed by atoms with Gasteiger partial charge in [0.1, 0.15) is 16.9 Å². The molecule has 0 spiro atoms. The molecule has 0 amide bonds. The second kappa shape index (κ2) is 3.70. The Kier molecular flexibility index (Phi) is 2.86. The van der Waals surface area contributed by atoms with Gasteiger partial charge in [0.15, 0.2) is 0 Å². The smallest absolute Gasteiger partial charge is 0.142 e. The Labute approximate surface area is 77.9 Å². The molecule has 0 bridgehead atoms. The van der Waals surface area contributed by atoms with Crippen molar-refractivity contribution in [2.45, 2.75) is 5.33 Å². The lowest BCUT2D eigenvalue weighted by Crippen LogP contribution is -1.86. The molecule has 11 heavy (non-hydrogen) atoms. The van der Waals surface area contributed by atoms with E-state index in [4.69, 9.17) is 16.9 Å². The molecule has 4 heteroatoms. The zero-order chi connectivity index (χ0) is 8.27. The maximum absolute atomic E-state index is 8.50. The van der Waals surface area contributed by atoms with Crippen molar-refractivity contribution >= 4 is 27.5 Å². The fraction of sp³-hybridized carbons (Fsp3) is 0.143. The summed E-state index contributed by atoms with van der Waals surface area (Å²) in [6.45, 7) is 0. The number of nitrogens with zero attached hydrogens (tertiary/aromatic N) is 2. The summed E-state index contributed by atoms with van der Waals surface area (Å²) in [7, 11) is 0. The molecule has 0 N–H and O–H groups in total. The van der Waals surface area contributed by atoms with Crippen LogP contribution in [0.3, 0.4) is 0 Å². The molecule has 0 aliphatic heterocycles. The largest absolute Gasteiger partial charge is 0.225 e. The van der Waals surface area contributed by atoms with Gasteiger partial charge >= 0.3 is 0 Å². The van der Waals surface area contributed by atoms with E-state index in [-0.39, 0.29) is 0 Å². The number of rotatable bonds is 1. The topological polar surface area (TPSA) is 36.7 Å². The highest BCUT2D eigenvalue weighted by atomic mass is 79.9. The summed E-state index contributed by atoms with van der Waals surface area (Å²) in [5, 5.41) is 9.54. The number of pyridine rings is 1. The summed E-state index contributed by atoms with van der Waals surface area (Å²) in [6.07, 6.45) is 0. The van der Waals surface area contributed by atoms with E-state index in [0.717, 1.165) is 5.56 Å². The highest BCUT2D eigenvalue weighted by Gasteiger charge is 1.98. The van der Waals surface area contributed by atoms with E-state index in [1.165, 1.54) is 0 Å². The van der Waals surface area contributed by atoms with Crippen LogP contribution in [-0.4, -0.2) is 4.98 Å². The number of hydrogen-bond acceptors (Lipinski definition) is 2. The van der Waals surface area contributed by atoms with Gasteiger partial charge in [-0.2, -0.15) is 5.26 Å². The predicted molar refractivity (Wildman–Crippen MR) is 46.6 cm³/mol. The van der Waals surface area contributed by atoms with Crippen LogP contribution in [-0.2, 0) is 5.33 Å². The molecule has 0 unspecified atom stereocenters. The van der Waals surface area contributed by atoms with Crippen molar-refractivity contribution in [3.63, 3.8) is 0 Å². The van der Waals surface area contributed by atoms with Gasteiger partial charge in [0.2, 0.25) is 0 Å². The minimum atomic E-state index is 0.354. The van der Waals surface area contributed by atoms with Gasteiger partial charge in [0.05, 0.1) is 0 Å². The first-order valence-electron chi connectivity index (χ1n) is 2.89. The van der Waals surface area contributed by atoms with E-state index >= 15 is 0 Å². The fourth-order valence-electron chi connectivity index (χ4n) is 0.684.